The number of furan rings is 1. The van der Waals surface area contributed by atoms with Crippen molar-refractivity contribution in [1.29, 1.82) is 0 Å². The van der Waals surface area contributed by atoms with E-state index in [1.54, 1.807) is 71.6 Å². The van der Waals surface area contributed by atoms with Crippen molar-refractivity contribution in [2.45, 2.75) is 6.92 Å². The van der Waals surface area contributed by atoms with Crippen molar-refractivity contribution in [1.82, 2.24) is 9.78 Å². The molecule has 0 aliphatic carbocycles. The summed E-state index contributed by atoms with van der Waals surface area (Å²) >= 11 is 12.2. The Bertz CT molecular complexity index is 1250. The number of amides is 2. The van der Waals surface area contributed by atoms with E-state index in [1.807, 2.05) is 0 Å². The molecule has 4 rings (SSSR count). The molecule has 2 N–H and O–H groups in total. The monoisotopic (exact) mass is 454 g/mol. The highest BCUT2D eigenvalue weighted by molar-refractivity contribution is 6.34. The lowest BCUT2D eigenvalue weighted by Gasteiger charge is -2.08. The zero-order valence-corrected chi connectivity index (χ0v) is 17.7. The molecule has 0 fully saturated rings. The lowest BCUT2D eigenvalue weighted by molar-refractivity contribution is -0.114. The molecule has 2 amide bonds. The first-order valence-corrected chi connectivity index (χ1v) is 9.94. The van der Waals surface area contributed by atoms with Crippen LogP contribution in [0.25, 0.3) is 17.1 Å². The third-order valence-corrected chi connectivity index (χ3v) is 4.89. The van der Waals surface area contributed by atoms with E-state index >= 15 is 0 Å². The minimum atomic E-state index is -0.449. The minimum Gasteiger partial charge on any atom is -0.463 e. The van der Waals surface area contributed by atoms with Gasteiger partial charge in [0.1, 0.15) is 5.69 Å². The number of hydrogen-bond donors (Lipinski definition) is 2. The van der Waals surface area contributed by atoms with Crippen LogP contribution in [0, 0.1) is 0 Å². The van der Waals surface area contributed by atoms with Gasteiger partial charge in [-0.3, -0.25) is 9.59 Å². The standard InChI is InChI=1S/C22H16Cl2N4O3/c1-13(29)25-15-6-9-18(17(24)11-15)26-22(30)19-12-20(21-3-2-10-31-21)28(27-19)16-7-4-14(23)5-8-16/h2-12H,1H3,(H,25,29)(H,26,30). The molecule has 7 nitrogen and oxygen atoms in total. The zero-order chi connectivity index (χ0) is 22.0. The van der Waals surface area contributed by atoms with E-state index in [0.717, 1.165) is 0 Å². The second kappa shape index (κ2) is 8.67. The third-order valence-electron chi connectivity index (χ3n) is 4.32. The molecule has 0 unspecified atom stereocenters. The molecule has 0 spiro atoms. The lowest BCUT2D eigenvalue weighted by Crippen LogP contribution is -2.14. The summed E-state index contributed by atoms with van der Waals surface area (Å²) in [7, 11) is 0. The molecule has 2 aromatic carbocycles. The maximum atomic E-state index is 12.9. The molecule has 0 bridgehead atoms. The van der Waals surface area contributed by atoms with Gasteiger partial charge in [0.25, 0.3) is 5.91 Å². The van der Waals surface area contributed by atoms with Gasteiger partial charge in [-0.15, -0.1) is 0 Å². The van der Waals surface area contributed by atoms with Crippen LogP contribution in [0.5, 0.6) is 0 Å². The van der Waals surface area contributed by atoms with Gasteiger partial charge in [-0.2, -0.15) is 5.10 Å². The van der Waals surface area contributed by atoms with Crippen LogP contribution >= 0.6 is 23.2 Å². The average Bonchev–Trinajstić information content (AvgIpc) is 3.40. The average molecular weight is 455 g/mol. The number of benzene rings is 2. The fourth-order valence-corrected chi connectivity index (χ4v) is 3.31. The van der Waals surface area contributed by atoms with E-state index in [1.165, 1.54) is 6.92 Å². The van der Waals surface area contributed by atoms with Gasteiger partial charge in [-0.1, -0.05) is 23.2 Å². The fraction of sp³-hybridized carbons (Fsp3) is 0.0455. The smallest absolute Gasteiger partial charge is 0.276 e. The van der Waals surface area contributed by atoms with Crippen LogP contribution in [0.3, 0.4) is 0 Å². The number of carbonyl (C=O) groups is 2. The highest BCUT2D eigenvalue weighted by atomic mass is 35.5. The summed E-state index contributed by atoms with van der Waals surface area (Å²) in [5, 5.41) is 10.7. The van der Waals surface area contributed by atoms with Crippen molar-refractivity contribution < 1.29 is 14.0 Å². The second-order valence-corrected chi connectivity index (χ2v) is 7.45. The van der Waals surface area contributed by atoms with Gasteiger partial charge in [0.2, 0.25) is 5.91 Å². The van der Waals surface area contributed by atoms with Crippen molar-refractivity contribution in [2.75, 3.05) is 10.6 Å². The Balaban J connectivity index is 1.65. The number of aromatic nitrogens is 2. The van der Waals surface area contributed by atoms with Crippen LogP contribution in [0.4, 0.5) is 11.4 Å². The Morgan fingerprint density at radius 3 is 2.42 bits per heavy atom. The van der Waals surface area contributed by atoms with Gasteiger partial charge in [-0.25, -0.2) is 4.68 Å². The molecule has 0 aliphatic heterocycles. The van der Waals surface area contributed by atoms with Gasteiger partial charge in [-0.05, 0) is 54.6 Å². The molecule has 4 aromatic rings. The maximum Gasteiger partial charge on any atom is 0.276 e. The summed E-state index contributed by atoms with van der Waals surface area (Å²) in [6.45, 7) is 1.40. The lowest BCUT2D eigenvalue weighted by atomic mass is 10.2. The number of carbonyl (C=O) groups excluding carboxylic acids is 2. The van der Waals surface area contributed by atoms with Crippen molar-refractivity contribution in [3.05, 3.63) is 82.7 Å². The van der Waals surface area contributed by atoms with Crippen LogP contribution in [0.15, 0.2) is 71.3 Å². The van der Waals surface area contributed by atoms with Crippen molar-refractivity contribution >= 4 is 46.4 Å². The summed E-state index contributed by atoms with van der Waals surface area (Å²) in [4.78, 5) is 24.1. The second-order valence-electron chi connectivity index (χ2n) is 6.61. The van der Waals surface area contributed by atoms with E-state index in [0.29, 0.717) is 33.5 Å². The first-order valence-electron chi connectivity index (χ1n) is 9.19. The van der Waals surface area contributed by atoms with Crippen LogP contribution in [0.2, 0.25) is 10.0 Å². The van der Waals surface area contributed by atoms with Gasteiger partial charge in [0.15, 0.2) is 11.5 Å². The first kappa shape index (κ1) is 20.7. The predicted octanol–water partition coefficient (Wildman–Crippen LogP) is 5.65. The summed E-state index contributed by atoms with van der Waals surface area (Å²) in [5.41, 5.74) is 2.41. The van der Waals surface area contributed by atoms with Crippen LogP contribution < -0.4 is 10.6 Å². The van der Waals surface area contributed by atoms with Crippen LogP contribution in [0.1, 0.15) is 17.4 Å². The zero-order valence-electron chi connectivity index (χ0n) is 16.2. The Morgan fingerprint density at radius 1 is 1.00 bits per heavy atom. The summed E-state index contributed by atoms with van der Waals surface area (Å²) < 4.78 is 7.11. The topological polar surface area (TPSA) is 89.2 Å². The van der Waals surface area contributed by atoms with Gasteiger partial charge < -0.3 is 15.1 Å². The van der Waals surface area contributed by atoms with Gasteiger partial charge >= 0.3 is 0 Å². The molecule has 2 heterocycles. The van der Waals surface area contributed by atoms with Crippen molar-refractivity contribution in [2.24, 2.45) is 0 Å². The molecule has 0 saturated heterocycles. The highest BCUT2D eigenvalue weighted by Crippen LogP contribution is 2.28. The molecular weight excluding hydrogens is 439 g/mol. The molecule has 156 valence electrons. The molecule has 31 heavy (non-hydrogen) atoms. The van der Waals surface area contributed by atoms with E-state index in [4.69, 9.17) is 27.6 Å². The summed E-state index contributed by atoms with van der Waals surface area (Å²) in [6, 6.07) is 17.0. The summed E-state index contributed by atoms with van der Waals surface area (Å²) in [6.07, 6.45) is 1.55. The highest BCUT2D eigenvalue weighted by Gasteiger charge is 2.19. The number of hydrogen-bond acceptors (Lipinski definition) is 4. The van der Waals surface area contributed by atoms with Gasteiger partial charge in [0, 0.05) is 23.7 Å². The number of nitrogens with one attached hydrogen (secondary N) is 2. The number of anilines is 2. The Morgan fingerprint density at radius 2 is 1.77 bits per heavy atom. The number of rotatable bonds is 5. The molecule has 0 radical (unpaired) electrons. The van der Waals surface area contributed by atoms with Crippen LogP contribution in [-0.4, -0.2) is 21.6 Å². The van der Waals surface area contributed by atoms with Crippen molar-refractivity contribution in [3.63, 3.8) is 0 Å². The quantitative estimate of drug-likeness (QED) is 0.407. The van der Waals surface area contributed by atoms with E-state index in [2.05, 4.69) is 15.7 Å². The van der Waals surface area contributed by atoms with E-state index in [-0.39, 0.29) is 16.6 Å². The Kier molecular flexibility index (Phi) is 5.79. The molecule has 9 heteroatoms. The van der Waals surface area contributed by atoms with Crippen molar-refractivity contribution in [3.8, 4) is 17.1 Å². The molecule has 0 atom stereocenters. The van der Waals surface area contributed by atoms with Crippen LogP contribution in [-0.2, 0) is 4.79 Å². The maximum absolute atomic E-state index is 12.9. The fourth-order valence-electron chi connectivity index (χ4n) is 2.95. The largest absolute Gasteiger partial charge is 0.463 e. The van der Waals surface area contributed by atoms with Gasteiger partial charge in [0.05, 0.1) is 22.7 Å². The Labute approximate surface area is 187 Å². The normalized spacial score (nSPS) is 10.7. The number of halogens is 2. The minimum absolute atomic E-state index is 0.170. The summed E-state index contributed by atoms with van der Waals surface area (Å²) in [5.74, 6) is -0.111. The molecule has 0 aliphatic rings. The predicted molar refractivity (Wildman–Crippen MR) is 120 cm³/mol. The SMILES string of the molecule is CC(=O)Nc1ccc(NC(=O)c2cc(-c3ccco3)n(-c3ccc(Cl)cc3)n2)c(Cl)c1. The Hall–Kier alpha value is -3.55. The molecule has 2 aromatic heterocycles. The van der Waals surface area contributed by atoms with E-state index in [9.17, 15) is 9.59 Å². The third kappa shape index (κ3) is 4.63. The number of nitrogens with zero attached hydrogens (tertiary/aromatic N) is 2. The van der Waals surface area contributed by atoms with E-state index < -0.39 is 5.91 Å². The molecular formula is C22H16Cl2N4O3. The molecule has 0 saturated carbocycles. The first-order chi connectivity index (χ1) is 14.9.